The molecule has 2 aromatic carbocycles. The molecule has 0 amide bonds. The van der Waals surface area contributed by atoms with Crippen LogP contribution in [-0.4, -0.2) is 12.1 Å². The summed E-state index contributed by atoms with van der Waals surface area (Å²) in [6, 6.07) is 13.6. The first-order chi connectivity index (χ1) is 10.2. The van der Waals surface area contributed by atoms with Crippen molar-refractivity contribution in [3.8, 4) is 5.75 Å². The molecule has 0 radical (unpaired) electrons. The van der Waals surface area contributed by atoms with Gasteiger partial charge < -0.3 is 9.15 Å². The van der Waals surface area contributed by atoms with E-state index in [-0.39, 0.29) is 4.83 Å². The van der Waals surface area contributed by atoms with E-state index in [9.17, 15) is 4.79 Å². The van der Waals surface area contributed by atoms with Crippen LogP contribution in [0.4, 0.5) is 0 Å². The van der Waals surface area contributed by atoms with Crippen molar-refractivity contribution in [2.75, 3.05) is 7.11 Å². The summed E-state index contributed by atoms with van der Waals surface area (Å²) < 4.78 is 10.5. The van der Waals surface area contributed by atoms with E-state index < -0.39 is 5.76 Å². The van der Waals surface area contributed by atoms with Crippen molar-refractivity contribution in [1.82, 2.24) is 4.98 Å². The number of benzene rings is 2. The highest BCUT2D eigenvalue weighted by atomic mass is 79.9. The number of ether oxygens (including phenoxy) is 1. The first-order valence-electron chi connectivity index (χ1n) is 6.56. The van der Waals surface area contributed by atoms with Crippen LogP contribution < -0.4 is 10.5 Å². The second-order valence-electron chi connectivity index (χ2n) is 4.75. The first-order valence-corrected chi connectivity index (χ1v) is 7.47. The van der Waals surface area contributed by atoms with E-state index in [1.165, 1.54) is 0 Å². The van der Waals surface area contributed by atoms with Crippen molar-refractivity contribution in [2.45, 2.75) is 11.2 Å². The van der Waals surface area contributed by atoms with Crippen LogP contribution in [0.15, 0.2) is 51.7 Å². The molecule has 0 fully saturated rings. The highest BCUT2D eigenvalue weighted by Gasteiger charge is 2.13. The van der Waals surface area contributed by atoms with Crippen LogP contribution in [0.2, 0.25) is 0 Å². The molecule has 21 heavy (non-hydrogen) atoms. The number of halogens is 1. The number of alkyl halides is 1. The summed E-state index contributed by atoms with van der Waals surface area (Å²) in [5, 5.41) is 0. The summed E-state index contributed by atoms with van der Waals surface area (Å²) in [6.45, 7) is 0. The Morgan fingerprint density at radius 1 is 1.29 bits per heavy atom. The van der Waals surface area contributed by atoms with Gasteiger partial charge in [-0.05, 0) is 35.7 Å². The number of oxazole rings is 1. The van der Waals surface area contributed by atoms with E-state index in [1.54, 1.807) is 7.11 Å². The monoisotopic (exact) mass is 347 g/mol. The number of aromatic nitrogens is 1. The van der Waals surface area contributed by atoms with Crippen molar-refractivity contribution in [1.29, 1.82) is 0 Å². The fourth-order valence-electron chi connectivity index (χ4n) is 2.34. The summed E-state index contributed by atoms with van der Waals surface area (Å²) in [5.41, 5.74) is 3.45. The molecule has 1 heterocycles. The predicted octanol–water partition coefficient (Wildman–Crippen LogP) is 3.81. The van der Waals surface area contributed by atoms with Gasteiger partial charge in [0.15, 0.2) is 5.58 Å². The number of nitrogens with one attached hydrogen (secondary N) is 1. The van der Waals surface area contributed by atoms with Crippen LogP contribution in [0.5, 0.6) is 5.75 Å². The molecule has 1 N–H and O–H groups in total. The zero-order valence-corrected chi connectivity index (χ0v) is 13.0. The highest BCUT2D eigenvalue weighted by molar-refractivity contribution is 9.09. The maximum Gasteiger partial charge on any atom is 0.417 e. The molecule has 1 atom stereocenters. The minimum Gasteiger partial charge on any atom is -0.496 e. The predicted molar refractivity (Wildman–Crippen MR) is 85.2 cm³/mol. The zero-order chi connectivity index (χ0) is 14.8. The lowest BCUT2D eigenvalue weighted by molar-refractivity contribution is 0.409. The van der Waals surface area contributed by atoms with Gasteiger partial charge in [-0.1, -0.05) is 40.2 Å². The lowest BCUT2D eigenvalue weighted by Gasteiger charge is -2.13. The second kappa shape index (κ2) is 5.77. The molecule has 3 aromatic rings. The molecule has 0 aliphatic rings. The van der Waals surface area contributed by atoms with Crippen molar-refractivity contribution in [3.63, 3.8) is 0 Å². The molecule has 0 bridgehead atoms. The third kappa shape index (κ3) is 2.88. The number of para-hydroxylation sites is 1. The van der Waals surface area contributed by atoms with Gasteiger partial charge in [-0.15, -0.1) is 0 Å². The van der Waals surface area contributed by atoms with E-state index in [1.807, 2.05) is 42.5 Å². The van der Waals surface area contributed by atoms with Crippen LogP contribution in [0.3, 0.4) is 0 Å². The van der Waals surface area contributed by atoms with Crippen LogP contribution in [0.25, 0.3) is 11.1 Å². The Kier molecular flexibility index (Phi) is 3.84. The second-order valence-corrected chi connectivity index (χ2v) is 5.86. The molecule has 0 aliphatic heterocycles. The van der Waals surface area contributed by atoms with Crippen molar-refractivity contribution >= 4 is 27.0 Å². The largest absolute Gasteiger partial charge is 0.496 e. The quantitative estimate of drug-likeness (QED) is 0.730. The van der Waals surface area contributed by atoms with Crippen LogP contribution in [0, 0.1) is 0 Å². The average Bonchev–Trinajstić information content (AvgIpc) is 2.86. The molecular weight excluding hydrogens is 334 g/mol. The Labute approximate surface area is 129 Å². The molecule has 1 aromatic heterocycles. The SMILES string of the molecule is COc1ccccc1CC(Br)c1ccc2[nH]c(=O)oc2c1. The summed E-state index contributed by atoms with van der Waals surface area (Å²) in [4.78, 5) is 13.9. The molecule has 0 spiro atoms. The number of methoxy groups -OCH3 is 1. The Balaban J connectivity index is 1.89. The number of fused-ring (bicyclic) bond motifs is 1. The van der Waals surface area contributed by atoms with Crippen LogP contribution in [0.1, 0.15) is 16.0 Å². The van der Waals surface area contributed by atoms with E-state index in [0.29, 0.717) is 11.1 Å². The molecule has 0 saturated carbocycles. The number of rotatable bonds is 4. The average molecular weight is 348 g/mol. The van der Waals surface area contributed by atoms with Gasteiger partial charge in [0, 0.05) is 4.83 Å². The van der Waals surface area contributed by atoms with Gasteiger partial charge in [0.2, 0.25) is 0 Å². The minimum atomic E-state index is -0.432. The minimum absolute atomic E-state index is 0.110. The van der Waals surface area contributed by atoms with E-state index in [2.05, 4.69) is 20.9 Å². The van der Waals surface area contributed by atoms with E-state index in [4.69, 9.17) is 9.15 Å². The number of hydrogen-bond acceptors (Lipinski definition) is 3. The molecule has 4 nitrogen and oxygen atoms in total. The normalized spacial score (nSPS) is 12.5. The smallest absolute Gasteiger partial charge is 0.417 e. The molecule has 3 rings (SSSR count). The third-order valence-electron chi connectivity index (χ3n) is 3.40. The molecule has 0 aliphatic carbocycles. The highest BCUT2D eigenvalue weighted by Crippen LogP contribution is 2.31. The van der Waals surface area contributed by atoms with Gasteiger partial charge in [-0.2, -0.15) is 0 Å². The summed E-state index contributed by atoms with van der Waals surface area (Å²) in [6.07, 6.45) is 0.782. The third-order valence-corrected chi connectivity index (χ3v) is 4.25. The lowest BCUT2D eigenvalue weighted by Crippen LogP contribution is -1.98. The molecule has 1 unspecified atom stereocenters. The lowest BCUT2D eigenvalue weighted by atomic mass is 10.0. The zero-order valence-electron chi connectivity index (χ0n) is 11.4. The van der Waals surface area contributed by atoms with Crippen molar-refractivity contribution in [2.24, 2.45) is 0 Å². The van der Waals surface area contributed by atoms with Gasteiger partial charge in [0.05, 0.1) is 12.6 Å². The summed E-state index contributed by atoms with van der Waals surface area (Å²) in [7, 11) is 1.67. The summed E-state index contributed by atoms with van der Waals surface area (Å²) >= 11 is 3.69. The Bertz CT molecular complexity index is 822. The number of aromatic amines is 1. The van der Waals surface area contributed by atoms with Crippen molar-refractivity contribution < 1.29 is 9.15 Å². The number of hydrogen-bond donors (Lipinski definition) is 1. The Morgan fingerprint density at radius 3 is 2.90 bits per heavy atom. The fraction of sp³-hybridized carbons (Fsp3) is 0.188. The fourth-order valence-corrected chi connectivity index (χ4v) is 2.97. The maximum atomic E-state index is 11.2. The molecule has 108 valence electrons. The number of H-pyrrole nitrogens is 1. The van der Waals surface area contributed by atoms with Gasteiger partial charge in [0.25, 0.3) is 0 Å². The van der Waals surface area contributed by atoms with E-state index in [0.717, 1.165) is 23.3 Å². The Morgan fingerprint density at radius 2 is 2.10 bits per heavy atom. The van der Waals surface area contributed by atoms with Gasteiger partial charge in [-0.25, -0.2) is 4.79 Å². The van der Waals surface area contributed by atoms with Gasteiger partial charge in [0.1, 0.15) is 5.75 Å². The molecule has 0 saturated heterocycles. The van der Waals surface area contributed by atoms with Gasteiger partial charge >= 0.3 is 5.76 Å². The summed E-state index contributed by atoms with van der Waals surface area (Å²) in [5.74, 6) is 0.439. The maximum absolute atomic E-state index is 11.2. The first kappa shape index (κ1) is 13.9. The molecule has 5 heteroatoms. The van der Waals surface area contributed by atoms with Gasteiger partial charge in [-0.3, -0.25) is 4.98 Å². The molecular formula is C16H14BrNO3. The topological polar surface area (TPSA) is 55.2 Å². The van der Waals surface area contributed by atoms with E-state index >= 15 is 0 Å². The Hall–Kier alpha value is -2.01. The van der Waals surface area contributed by atoms with Crippen LogP contribution >= 0.6 is 15.9 Å². The standard InChI is InChI=1S/C16H14BrNO3/c1-20-14-5-3-2-4-11(14)8-12(17)10-6-7-13-15(9-10)21-16(19)18-13/h2-7,9,12H,8H2,1H3,(H,18,19). The van der Waals surface area contributed by atoms with Crippen LogP contribution in [-0.2, 0) is 6.42 Å². The van der Waals surface area contributed by atoms with Crippen molar-refractivity contribution in [3.05, 3.63) is 64.1 Å².